The fourth-order valence-corrected chi connectivity index (χ4v) is 9.82. The van der Waals surface area contributed by atoms with E-state index in [1.54, 1.807) is 22.3 Å². The molecular weight excluding hydrogens is 292 g/mol. The van der Waals surface area contributed by atoms with Crippen molar-refractivity contribution in [2.45, 2.75) is 84.7 Å². The van der Waals surface area contributed by atoms with Gasteiger partial charge in [-0.05, 0) is 81.8 Å². The zero-order chi connectivity index (χ0) is 16.2. The van der Waals surface area contributed by atoms with Crippen LogP contribution in [0.5, 0.6) is 0 Å². The number of rotatable bonds is 2. The SMILES string of the molecule is CC1=C([Si](C)(C)C2=CC3=C(CCCC3)C2)C(C)C2=C1CCCC2. The van der Waals surface area contributed by atoms with Crippen LogP contribution in [0.25, 0.3) is 0 Å². The Morgan fingerprint density at radius 2 is 1.65 bits per heavy atom. The van der Waals surface area contributed by atoms with Gasteiger partial charge in [0.05, 0.1) is 0 Å². The zero-order valence-electron chi connectivity index (χ0n) is 15.5. The standard InChI is InChI=1S/C22H32Si/c1-15-20-11-7-8-12-21(20)16(2)22(15)23(3,4)19-13-17-9-5-6-10-18(17)14-19/h13,15H,5-12,14H2,1-4H3. The Kier molecular flexibility index (Phi) is 3.83. The van der Waals surface area contributed by atoms with Crippen molar-refractivity contribution in [3.8, 4) is 0 Å². The van der Waals surface area contributed by atoms with E-state index in [2.05, 4.69) is 33.0 Å². The highest BCUT2D eigenvalue weighted by Crippen LogP contribution is 2.50. The van der Waals surface area contributed by atoms with E-state index in [0.29, 0.717) is 0 Å². The molecule has 0 saturated carbocycles. The van der Waals surface area contributed by atoms with E-state index in [1.807, 2.05) is 16.0 Å². The van der Waals surface area contributed by atoms with Crippen molar-refractivity contribution in [1.29, 1.82) is 0 Å². The third-order valence-corrected chi connectivity index (χ3v) is 11.3. The lowest BCUT2D eigenvalue weighted by Gasteiger charge is -2.32. The fourth-order valence-electron chi connectivity index (χ4n) is 5.94. The molecule has 1 unspecified atom stereocenters. The Bertz CT molecular complexity index is 666. The maximum absolute atomic E-state index is 2.66. The van der Waals surface area contributed by atoms with Crippen LogP contribution in [-0.2, 0) is 0 Å². The van der Waals surface area contributed by atoms with Gasteiger partial charge in [-0.15, -0.1) is 0 Å². The van der Waals surface area contributed by atoms with Crippen LogP contribution in [0.4, 0.5) is 0 Å². The van der Waals surface area contributed by atoms with Crippen LogP contribution in [0.3, 0.4) is 0 Å². The average molecular weight is 325 g/mol. The topological polar surface area (TPSA) is 0 Å². The molecule has 4 aliphatic carbocycles. The Morgan fingerprint density at radius 3 is 2.39 bits per heavy atom. The van der Waals surface area contributed by atoms with E-state index >= 15 is 0 Å². The molecule has 0 aromatic heterocycles. The first kappa shape index (κ1) is 15.7. The molecule has 1 heteroatoms. The molecule has 0 aromatic carbocycles. The second-order valence-electron chi connectivity index (χ2n) is 8.78. The van der Waals surface area contributed by atoms with Crippen molar-refractivity contribution in [3.05, 3.63) is 44.3 Å². The van der Waals surface area contributed by atoms with Crippen LogP contribution in [0.15, 0.2) is 44.3 Å². The molecule has 0 saturated heterocycles. The normalized spacial score (nSPS) is 28.3. The zero-order valence-corrected chi connectivity index (χ0v) is 16.5. The lowest BCUT2D eigenvalue weighted by Crippen LogP contribution is -2.35. The molecule has 1 atom stereocenters. The third kappa shape index (κ3) is 2.38. The van der Waals surface area contributed by atoms with Gasteiger partial charge in [0.25, 0.3) is 0 Å². The number of hydrogen-bond donors (Lipinski definition) is 0. The van der Waals surface area contributed by atoms with Crippen LogP contribution >= 0.6 is 0 Å². The molecule has 4 rings (SSSR count). The Labute approximate surface area is 143 Å². The molecule has 4 aliphatic rings. The van der Waals surface area contributed by atoms with Crippen molar-refractivity contribution in [1.82, 2.24) is 0 Å². The van der Waals surface area contributed by atoms with Gasteiger partial charge in [0.2, 0.25) is 0 Å². The van der Waals surface area contributed by atoms with Crippen LogP contribution in [0.1, 0.15) is 71.6 Å². The Morgan fingerprint density at radius 1 is 0.957 bits per heavy atom. The molecule has 0 amide bonds. The van der Waals surface area contributed by atoms with Gasteiger partial charge >= 0.3 is 0 Å². The Balaban J connectivity index is 1.66. The lowest BCUT2D eigenvalue weighted by atomic mass is 9.88. The minimum absolute atomic E-state index is 0.741. The molecule has 0 heterocycles. The van der Waals surface area contributed by atoms with E-state index < -0.39 is 8.07 Å². The summed E-state index contributed by atoms with van der Waals surface area (Å²) in [6.07, 6.45) is 15.1. The lowest BCUT2D eigenvalue weighted by molar-refractivity contribution is 0.640. The number of hydrogen-bond acceptors (Lipinski definition) is 0. The van der Waals surface area contributed by atoms with E-state index in [1.165, 1.54) is 57.8 Å². The molecule has 0 spiro atoms. The highest BCUT2D eigenvalue weighted by atomic mass is 28.3. The maximum Gasteiger partial charge on any atom is 0.104 e. The van der Waals surface area contributed by atoms with E-state index in [9.17, 15) is 0 Å². The summed E-state index contributed by atoms with van der Waals surface area (Å²) in [5.74, 6) is 0.741. The van der Waals surface area contributed by atoms with Gasteiger partial charge < -0.3 is 0 Å². The smallest absolute Gasteiger partial charge is 0.0721 e. The first-order valence-corrected chi connectivity index (χ1v) is 12.9. The number of allylic oxidation sites excluding steroid dienone is 8. The van der Waals surface area contributed by atoms with Gasteiger partial charge in [-0.25, -0.2) is 0 Å². The van der Waals surface area contributed by atoms with E-state index in [0.717, 1.165) is 5.92 Å². The largest absolute Gasteiger partial charge is 0.104 e. The van der Waals surface area contributed by atoms with E-state index in [4.69, 9.17) is 0 Å². The molecular formula is C22H32Si. The summed E-state index contributed by atoms with van der Waals surface area (Å²) in [4.78, 5) is 0. The first-order valence-electron chi connectivity index (χ1n) is 9.85. The summed E-state index contributed by atoms with van der Waals surface area (Å²) >= 11 is 0. The summed E-state index contributed by atoms with van der Waals surface area (Å²) in [5.41, 5.74) is 8.84. The molecule has 0 radical (unpaired) electrons. The third-order valence-electron chi connectivity index (χ3n) is 7.18. The molecule has 0 fully saturated rings. The molecule has 0 bridgehead atoms. The van der Waals surface area contributed by atoms with Gasteiger partial charge in [-0.2, -0.15) is 0 Å². The molecule has 124 valence electrons. The average Bonchev–Trinajstić information content (AvgIpc) is 3.09. The quantitative estimate of drug-likeness (QED) is 0.489. The second kappa shape index (κ2) is 5.62. The van der Waals surface area contributed by atoms with Crippen LogP contribution < -0.4 is 0 Å². The molecule has 23 heavy (non-hydrogen) atoms. The summed E-state index contributed by atoms with van der Waals surface area (Å²) in [6.45, 7) is 10.3. The molecule has 0 aliphatic heterocycles. The van der Waals surface area contributed by atoms with Gasteiger partial charge in [0.15, 0.2) is 0 Å². The second-order valence-corrected chi connectivity index (χ2v) is 13.2. The van der Waals surface area contributed by atoms with Crippen molar-refractivity contribution >= 4 is 8.07 Å². The van der Waals surface area contributed by atoms with Crippen molar-refractivity contribution in [2.75, 3.05) is 0 Å². The van der Waals surface area contributed by atoms with Crippen LogP contribution in [0, 0.1) is 5.92 Å². The Hall–Kier alpha value is -0.823. The molecule has 0 aromatic rings. The van der Waals surface area contributed by atoms with Crippen molar-refractivity contribution < 1.29 is 0 Å². The first-order chi connectivity index (χ1) is 11.0. The van der Waals surface area contributed by atoms with E-state index in [-0.39, 0.29) is 0 Å². The fraction of sp³-hybridized carbons (Fsp3) is 0.636. The summed E-state index contributed by atoms with van der Waals surface area (Å²) < 4.78 is 0. The van der Waals surface area contributed by atoms with Gasteiger partial charge in [0.1, 0.15) is 8.07 Å². The van der Waals surface area contributed by atoms with Crippen LogP contribution in [0.2, 0.25) is 13.1 Å². The van der Waals surface area contributed by atoms with Gasteiger partial charge in [-0.3, -0.25) is 0 Å². The van der Waals surface area contributed by atoms with Crippen LogP contribution in [-0.4, -0.2) is 8.07 Å². The predicted octanol–water partition coefficient (Wildman–Crippen LogP) is 6.81. The summed E-state index contributed by atoms with van der Waals surface area (Å²) in [6, 6.07) is 0. The summed E-state index contributed by atoms with van der Waals surface area (Å²) in [7, 11) is -1.48. The molecule has 0 N–H and O–H groups in total. The minimum atomic E-state index is -1.48. The highest BCUT2D eigenvalue weighted by Gasteiger charge is 2.42. The maximum atomic E-state index is 2.66. The van der Waals surface area contributed by atoms with Crippen molar-refractivity contribution in [2.24, 2.45) is 5.92 Å². The van der Waals surface area contributed by atoms with Gasteiger partial charge in [0, 0.05) is 0 Å². The monoisotopic (exact) mass is 324 g/mol. The minimum Gasteiger partial charge on any atom is -0.0721 e. The highest BCUT2D eigenvalue weighted by molar-refractivity contribution is 6.91. The summed E-state index contributed by atoms with van der Waals surface area (Å²) in [5, 5.41) is 3.72. The molecule has 0 nitrogen and oxygen atoms in total. The predicted molar refractivity (Wildman–Crippen MR) is 103 cm³/mol. The van der Waals surface area contributed by atoms with Gasteiger partial charge in [-0.1, -0.05) is 53.2 Å². The van der Waals surface area contributed by atoms with Crippen molar-refractivity contribution in [3.63, 3.8) is 0 Å².